The van der Waals surface area contributed by atoms with E-state index >= 15 is 0 Å². The molecule has 1 fully saturated rings. The summed E-state index contributed by atoms with van der Waals surface area (Å²) in [6.45, 7) is 4.17. The molecule has 4 nitrogen and oxygen atoms in total. The summed E-state index contributed by atoms with van der Waals surface area (Å²) >= 11 is 0. The Morgan fingerprint density at radius 3 is 2.46 bits per heavy atom. The summed E-state index contributed by atoms with van der Waals surface area (Å²) in [4.78, 5) is 4.72. The molecule has 0 bridgehead atoms. The van der Waals surface area contributed by atoms with Gasteiger partial charge in [-0.1, -0.05) is 42.5 Å². The fourth-order valence-corrected chi connectivity index (χ4v) is 2.44. The summed E-state index contributed by atoms with van der Waals surface area (Å²) < 4.78 is 5.88. The highest BCUT2D eigenvalue weighted by Crippen LogP contribution is 2.19. The Hall–Kier alpha value is -2.49. The molecular formula is C20H25N3O. The standard InChI is InChI=1S/C20H25N3O/c1-2-21-20(23-18-12-13-18)22-14-16-8-6-7-9-17(16)15-24-19-10-4-3-5-11-19/h3-11,18H,2,12-15H2,1H3,(H2,21,22,23). The average molecular weight is 323 g/mol. The van der Waals surface area contributed by atoms with Crippen molar-refractivity contribution in [3.8, 4) is 5.75 Å². The molecule has 126 valence electrons. The van der Waals surface area contributed by atoms with Gasteiger partial charge in [-0.05, 0) is 43.0 Å². The number of hydrogen-bond acceptors (Lipinski definition) is 2. The minimum Gasteiger partial charge on any atom is -0.489 e. The van der Waals surface area contributed by atoms with Crippen LogP contribution in [-0.4, -0.2) is 18.5 Å². The van der Waals surface area contributed by atoms with Crippen molar-refractivity contribution in [2.24, 2.45) is 4.99 Å². The lowest BCUT2D eigenvalue weighted by atomic mass is 10.1. The third kappa shape index (κ3) is 5.01. The molecule has 4 heteroatoms. The van der Waals surface area contributed by atoms with Gasteiger partial charge in [0.05, 0.1) is 6.54 Å². The van der Waals surface area contributed by atoms with Crippen molar-refractivity contribution in [1.29, 1.82) is 0 Å². The van der Waals surface area contributed by atoms with Gasteiger partial charge in [-0.3, -0.25) is 0 Å². The lowest BCUT2D eigenvalue weighted by molar-refractivity contribution is 0.305. The Kier molecular flexibility index (Phi) is 5.72. The molecule has 0 heterocycles. The van der Waals surface area contributed by atoms with E-state index in [1.165, 1.54) is 24.0 Å². The van der Waals surface area contributed by atoms with Crippen molar-refractivity contribution >= 4 is 5.96 Å². The normalized spacial score (nSPS) is 14.3. The zero-order chi connectivity index (χ0) is 16.6. The van der Waals surface area contributed by atoms with Gasteiger partial charge in [0.25, 0.3) is 0 Å². The molecule has 3 rings (SSSR count). The summed E-state index contributed by atoms with van der Waals surface area (Å²) in [5.41, 5.74) is 2.37. The van der Waals surface area contributed by atoms with Crippen molar-refractivity contribution in [1.82, 2.24) is 10.6 Å². The van der Waals surface area contributed by atoms with Crippen molar-refractivity contribution in [3.63, 3.8) is 0 Å². The molecule has 0 atom stereocenters. The molecule has 2 N–H and O–H groups in total. The van der Waals surface area contributed by atoms with Crippen LogP contribution in [0.1, 0.15) is 30.9 Å². The summed E-state index contributed by atoms with van der Waals surface area (Å²) in [5, 5.41) is 6.76. The van der Waals surface area contributed by atoms with E-state index in [1.807, 2.05) is 36.4 Å². The maximum absolute atomic E-state index is 5.88. The highest BCUT2D eigenvalue weighted by Gasteiger charge is 2.22. The molecule has 1 saturated carbocycles. The van der Waals surface area contributed by atoms with E-state index in [1.54, 1.807) is 0 Å². The van der Waals surface area contributed by atoms with E-state index in [0.717, 1.165) is 18.3 Å². The number of nitrogens with zero attached hydrogens (tertiary/aromatic N) is 1. The molecule has 1 aliphatic rings. The fraction of sp³-hybridized carbons (Fsp3) is 0.350. The second-order valence-corrected chi connectivity index (χ2v) is 5.98. The van der Waals surface area contributed by atoms with Crippen molar-refractivity contribution < 1.29 is 4.74 Å². The number of ether oxygens (including phenoxy) is 1. The first kappa shape index (κ1) is 16.4. The molecule has 0 spiro atoms. The minimum atomic E-state index is 0.558. The molecule has 0 amide bonds. The van der Waals surface area contributed by atoms with E-state index in [0.29, 0.717) is 19.2 Å². The first-order valence-electron chi connectivity index (χ1n) is 8.64. The third-order valence-corrected chi connectivity index (χ3v) is 3.93. The first-order chi connectivity index (χ1) is 11.8. The predicted molar refractivity (Wildman–Crippen MR) is 98.2 cm³/mol. The second-order valence-electron chi connectivity index (χ2n) is 5.98. The van der Waals surface area contributed by atoms with Crippen LogP contribution in [0.4, 0.5) is 0 Å². The lowest BCUT2D eigenvalue weighted by Crippen LogP contribution is -2.38. The molecule has 0 aromatic heterocycles. The number of guanidine groups is 1. The van der Waals surface area contributed by atoms with E-state index in [4.69, 9.17) is 9.73 Å². The summed E-state index contributed by atoms with van der Waals surface area (Å²) in [6, 6.07) is 18.8. The summed E-state index contributed by atoms with van der Waals surface area (Å²) in [7, 11) is 0. The minimum absolute atomic E-state index is 0.558. The molecular weight excluding hydrogens is 298 g/mol. The van der Waals surface area contributed by atoms with Crippen LogP contribution in [0.5, 0.6) is 5.75 Å². The maximum Gasteiger partial charge on any atom is 0.191 e. The topological polar surface area (TPSA) is 45.7 Å². The van der Waals surface area contributed by atoms with Crippen LogP contribution in [0.3, 0.4) is 0 Å². The number of hydrogen-bond donors (Lipinski definition) is 2. The predicted octanol–water partition coefficient (Wildman–Crippen LogP) is 3.48. The number of benzene rings is 2. The van der Waals surface area contributed by atoms with Crippen LogP contribution in [0.15, 0.2) is 59.6 Å². The molecule has 0 unspecified atom stereocenters. The van der Waals surface area contributed by atoms with Gasteiger partial charge in [0.15, 0.2) is 5.96 Å². The fourth-order valence-electron chi connectivity index (χ4n) is 2.44. The van der Waals surface area contributed by atoms with Crippen LogP contribution < -0.4 is 15.4 Å². The monoisotopic (exact) mass is 323 g/mol. The molecule has 1 aliphatic carbocycles. The van der Waals surface area contributed by atoms with Gasteiger partial charge >= 0.3 is 0 Å². The Morgan fingerprint density at radius 1 is 1.04 bits per heavy atom. The van der Waals surface area contributed by atoms with Gasteiger partial charge in [0.1, 0.15) is 12.4 Å². The molecule has 2 aromatic rings. The van der Waals surface area contributed by atoms with E-state index in [2.05, 4.69) is 35.8 Å². The average Bonchev–Trinajstić information content (AvgIpc) is 3.44. The molecule has 0 radical (unpaired) electrons. The zero-order valence-electron chi connectivity index (χ0n) is 14.2. The van der Waals surface area contributed by atoms with Gasteiger partial charge in [0, 0.05) is 12.6 Å². The van der Waals surface area contributed by atoms with Crippen molar-refractivity contribution in [2.75, 3.05) is 6.54 Å². The maximum atomic E-state index is 5.88. The van der Waals surface area contributed by atoms with Crippen LogP contribution in [0.25, 0.3) is 0 Å². The Balaban J connectivity index is 1.64. The van der Waals surface area contributed by atoms with Crippen LogP contribution in [-0.2, 0) is 13.2 Å². The molecule has 24 heavy (non-hydrogen) atoms. The summed E-state index contributed by atoms with van der Waals surface area (Å²) in [5.74, 6) is 1.79. The molecule has 0 saturated heterocycles. The first-order valence-corrected chi connectivity index (χ1v) is 8.64. The van der Waals surface area contributed by atoms with Crippen LogP contribution >= 0.6 is 0 Å². The molecule has 2 aromatic carbocycles. The number of nitrogens with one attached hydrogen (secondary N) is 2. The van der Waals surface area contributed by atoms with Gasteiger partial charge in [-0.2, -0.15) is 0 Å². The SMILES string of the molecule is CCNC(=NCc1ccccc1COc1ccccc1)NC1CC1. The quantitative estimate of drug-likeness (QED) is 0.606. The second kappa shape index (κ2) is 8.39. The van der Waals surface area contributed by atoms with Crippen LogP contribution in [0, 0.1) is 0 Å². The Bertz CT molecular complexity index is 666. The van der Waals surface area contributed by atoms with Gasteiger partial charge in [-0.25, -0.2) is 4.99 Å². The van der Waals surface area contributed by atoms with Crippen molar-refractivity contribution in [2.45, 2.75) is 39.0 Å². The van der Waals surface area contributed by atoms with Gasteiger partial charge in [0.2, 0.25) is 0 Å². The van der Waals surface area contributed by atoms with E-state index in [-0.39, 0.29) is 0 Å². The van der Waals surface area contributed by atoms with Gasteiger partial charge < -0.3 is 15.4 Å². The van der Waals surface area contributed by atoms with E-state index in [9.17, 15) is 0 Å². The highest BCUT2D eigenvalue weighted by atomic mass is 16.5. The largest absolute Gasteiger partial charge is 0.489 e. The third-order valence-electron chi connectivity index (χ3n) is 3.93. The smallest absolute Gasteiger partial charge is 0.191 e. The van der Waals surface area contributed by atoms with Gasteiger partial charge in [-0.15, -0.1) is 0 Å². The highest BCUT2D eigenvalue weighted by molar-refractivity contribution is 5.80. The Labute approximate surface area is 144 Å². The number of rotatable bonds is 7. The summed E-state index contributed by atoms with van der Waals surface area (Å²) in [6.07, 6.45) is 2.48. The van der Waals surface area contributed by atoms with Crippen molar-refractivity contribution in [3.05, 3.63) is 65.7 Å². The number of aliphatic imine (C=N–C) groups is 1. The Morgan fingerprint density at radius 2 is 1.75 bits per heavy atom. The zero-order valence-corrected chi connectivity index (χ0v) is 14.2. The lowest BCUT2D eigenvalue weighted by Gasteiger charge is -2.12. The number of para-hydroxylation sites is 1. The molecule has 0 aliphatic heterocycles. The van der Waals surface area contributed by atoms with Crippen LogP contribution in [0.2, 0.25) is 0 Å². The van der Waals surface area contributed by atoms with E-state index < -0.39 is 0 Å².